The number of likely N-dealkylation sites (N-methyl/N-ethyl adjacent to an activating group) is 1. The zero-order chi connectivity index (χ0) is 12.7. The number of rotatable bonds is 7. The summed E-state index contributed by atoms with van der Waals surface area (Å²) in [5, 5.41) is 11.1. The fourth-order valence-electron chi connectivity index (χ4n) is 1.31. The molecule has 0 aliphatic heterocycles. The summed E-state index contributed by atoms with van der Waals surface area (Å²) in [4.78, 5) is 32.5. The van der Waals surface area contributed by atoms with Gasteiger partial charge in [-0.15, -0.1) is 0 Å². The van der Waals surface area contributed by atoms with Gasteiger partial charge in [0.2, 0.25) is 0 Å². The molecular formula is C10H17NO5. The van der Waals surface area contributed by atoms with Crippen LogP contribution in [0.5, 0.6) is 0 Å². The average molecular weight is 231 g/mol. The van der Waals surface area contributed by atoms with Gasteiger partial charge in [-0.1, -0.05) is 0 Å². The van der Waals surface area contributed by atoms with Gasteiger partial charge in [0, 0.05) is 0 Å². The van der Waals surface area contributed by atoms with Gasteiger partial charge in [-0.05, 0) is 20.9 Å². The van der Waals surface area contributed by atoms with Gasteiger partial charge >= 0.3 is 11.9 Å². The fraction of sp³-hybridized carbons (Fsp3) is 0.700. The van der Waals surface area contributed by atoms with Gasteiger partial charge in [0.05, 0.1) is 12.8 Å². The molecule has 0 aliphatic carbocycles. The van der Waals surface area contributed by atoms with E-state index in [4.69, 9.17) is 9.84 Å². The molecule has 0 radical (unpaired) electrons. The molecule has 0 aromatic heterocycles. The number of carboxylic acid groups (broad SMARTS) is 1. The predicted octanol–water partition coefficient (Wildman–Crippen LogP) is -0.0401. The van der Waals surface area contributed by atoms with Crippen LogP contribution in [0.15, 0.2) is 0 Å². The van der Waals surface area contributed by atoms with Crippen LogP contribution in [0.25, 0.3) is 0 Å². The molecule has 2 N–H and O–H groups in total. The standard InChI is InChI=1S/C10H17NO5/c1-6(12)10(11-3)7(2)16-9(15)5-4-8(13)14/h7,10-11H,4-5H2,1-3H3,(H,13,14). The van der Waals surface area contributed by atoms with Crippen molar-refractivity contribution in [3.05, 3.63) is 0 Å². The molecule has 92 valence electrons. The second-order valence-corrected chi connectivity index (χ2v) is 3.47. The second-order valence-electron chi connectivity index (χ2n) is 3.47. The van der Waals surface area contributed by atoms with E-state index in [9.17, 15) is 14.4 Å². The summed E-state index contributed by atoms with van der Waals surface area (Å²) in [6, 6.07) is -0.561. The van der Waals surface area contributed by atoms with Crippen molar-refractivity contribution in [3.8, 4) is 0 Å². The molecule has 0 aliphatic rings. The fourth-order valence-corrected chi connectivity index (χ4v) is 1.31. The SMILES string of the molecule is CNC(C(C)=O)C(C)OC(=O)CCC(=O)O. The third-order valence-electron chi connectivity index (χ3n) is 2.08. The number of carbonyl (C=O) groups excluding carboxylic acids is 2. The number of Topliss-reactive ketones (excluding diaryl/α,β-unsaturated/α-hetero) is 1. The third-order valence-corrected chi connectivity index (χ3v) is 2.08. The summed E-state index contributed by atoms with van der Waals surface area (Å²) in [5.74, 6) is -1.81. The first kappa shape index (κ1) is 14.6. The van der Waals surface area contributed by atoms with Crippen LogP contribution in [-0.4, -0.2) is 42.0 Å². The molecular weight excluding hydrogens is 214 g/mol. The monoisotopic (exact) mass is 231 g/mol. The molecule has 0 amide bonds. The summed E-state index contributed by atoms with van der Waals surface area (Å²) >= 11 is 0. The van der Waals surface area contributed by atoms with Crippen molar-refractivity contribution >= 4 is 17.7 Å². The van der Waals surface area contributed by atoms with Gasteiger partial charge in [-0.25, -0.2) is 0 Å². The van der Waals surface area contributed by atoms with Gasteiger partial charge < -0.3 is 15.2 Å². The van der Waals surface area contributed by atoms with E-state index in [0.717, 1.165) is 0 Å². The van der Waals surface area contributed by atoms with Crippen LogP contribution >= 0.6 is 0 Å². The van der Waals surface area contributed by atoms with Crippen LogP contribution in [0.2, 0.25) is 0 Å². The first-order valence-corrected chi connectivity index (χ1v) is 4.97. The Bertz CT molecular complexity index is 276. The minimum Gasteiger partial charge on any atom is -0.481 e. The summed E-state index contributed by atoms with van der Waals surface area (Å²) in [6.45, 7) is 2.98. The van der Waals surface area contributed by atoms with E-state index < -0.39 is 24.1 Å². The van der Waals surface area contributed by atoms with Crippen LogP contribution in [0.4, 0.5) is 0 Å². The zero-order valence-electron chi connectivity index (χ0n) is 9.65. The lowest BCUT2D eigenvalue weighted by molar-refractivity contribution is -0.153. The molecule has 0 saturated heterocycles. The smallest absolute Gasteiger partial charge is 0.306 e. The third kappa shape index (κ3) is 5.45. The quantitative estimate of drug-likeness (QED) is 0.597. The molecule has 0 saturated carbocycles. The number of ketones is 1. The Kier molecular flexibility index (Phi) is 6.32. The Morgan fingerprint density at radius 3 is 2.25 bits per heavy atom. The highest BCUT2D eigenvalue weighted by Gasteiger charge is 2.23. The number of ether oxygens (including phenoxy) is 1. The number of aliphatic carboxylic acids is 1. The average Bonchev–Trinajstić information content (AvgIpc) is 2.15. The zero-order valence-corrected chi connectivity index (χ0v) is 9.65. The number of hydrogen-bond acceptors (Lipinski definition) is 5. The van der Waals surface area contributed by atoms with E-state index >= 15 is 0 Å². The van der Waals surface area contributed by atoms with E-state index in [2.05, 4.69) is 5.32 Å². The van der Waals surface area contributed by atoms with Crippen LogP contribution < -0.4 is 5.32 Å². The first-order chi connectivity index (χ1) is 7.38. The lowest BCUT2D eigenvalue weighted by Crippen LogP contribution is -2.43. The van der Waals surface area contributed by atoms with E-state index in [-0.39, 0.29) is 18.6 Å². The molecule has 6 heteroatoms. The molecule has 0 spiro atoms. The molecule has 0 fully saturated rings. The van der Waals surface area contributed by atoms with E-state index in [1.54, 1.807) is 14.0 Å². The van der Waals surface area contributed by atoms with Crippen molar-refractivity contribution in [2.75, 3.05) is 7.05 Å². The van der Waals surface area contributed by atoms with Gasteiger partial charge in [0.1, 0.15) is 17.9 Å². The van der Waals surface area contributed by atoms with Crippen molar-refractivity contribution in [1.82, 2.24) is 5.32 Å². The van der Waals surface area contributed by atoms with Crippen LogP contribution in [0.3, 0.4) is 0 Å². The lowest BCUT2D eigenvalue weighted by Gasteiger charge is -2.21. The van der Waals surface area contributed by atoms with Crippen LogP contribution in [0.1, 0.15) is 26.7 Å². The number of esters is 1. The topological polar surface area (TPSA) is 92.7 Å². The highest BCUT2D eigenvalue weighted by Crippen LogP contribution is 2.03. The molecule has 0 bridgehead atoms. The van der Waals surface area contributed by atoms with Crippen molar-refractivity contribution in [2.45, 2.75) is 38.8 Å². The molecule has 2 unspecified atom stereocenters. The van der Waals surface area contributed by atoms with E-state index in [1.165, 1.54) is 6.92 Å². The first-order valence-electron chi connectivity index (χ1n) is 4.97. The Hall–Kier alpha value is -1.43. The van der Waals surface area contributed by atoms with Crippen LogP contribution in [-0.2, 0) is 19.1 Å². The van der Waals surface area contributed by atoms with Crippen LogP contribution in [0, 0.1) is 0 Å². The molecule has 0 aromatic carbocycles. The Balaban J connectivity index is 4.11. The van der Waals surface area contributed by atoms with Crippen molar-refractivity contribution in [3.63, 3.8) is 0 Å². The van der Waals surface area contributed by atoms with E-state index in [0.29, 0.717) is 0 Å². The molecule has 2 atom stereocenters. The number of carboxylic acids is 1. The summed E-state index contributed by atoms with van der Waals surface area (Å²) in [6.07, 6.45) is -1.06. The summed E-state index contributed by atoms with van der Waals surface area (Å²) in [5.41, 5.74) is 0. The summed E-state index contributed by atoms with van der Waals surface area (Å²) < 4.78 is 4.93. The lowest BCUT2D eigenvalue weighted by atomic mass is 10.1. The number of nitrogens with one attached hydrogen (secondary N) is 1. The Morgan fingerprint density at radius 2 is 1.88 bits per heavy atom. The molecule has 6 nitrogen and oxygen atoms in total. The number of hydrogen-bond donors (Lipinski definition) is 2. The molecule has 0 aromatic rings. The summed E-state index contributed by atoms with van der Waals surface area (Å²) in [7, 11) is 1.59. The normalized spacial score (nSPS) is 13.9. The number of carbonyl (C=O) groups is 3. The predicted molar refractivity (Wildman–Crippen MR) is 56.0 cm³/mol. The molecule has 16 heavy (non-hydrogen) atoms. The van der Waals surface area contributed by atoms with E-state index in [1.807, 2.05) is 0 Å². The Labute approximate surface area is 94.0 Å². The van der Waals surface area contributed by atoms with Gasteiger partial charge in [0.15, 0.2) is 0 Å². The van der Waals surface area contributed by atoms with Crippen molar-refractivity contribution in [2.24, 2.45) is 0 Å². The minimum atomic E-state index is -1.05. The largest absolute Gasteiger partial charge is 0.481 e. The Morgan fingerprint density at radius 1 is 1.31 bits per heavy atom. The molecule has 0 heterocycles. The molecule has 0 rings (SSSR count). The highest BCUT2D eigenvalue weighted by molar-refractivity contribution is 5.83. The van der Waals surface area contributed by atoms with Gasteiger partial charge in [0.25, 0.3) is 0 Å². The highest BCUT2D eigenvalue weighted by atomic mass is 16.5. The van der Waals surface area contributed by atoms with Crippen molar-refractivity contribution in [1.29, 1.82) is 0 Å². The van der Waals surface area contributed by atoms with Gasteiger partial charge in [-0.3, -0.25) is 14.4 Å². The maximum absolute atomic E-state index is 11.2. The van der Waals surface area contributed by atoms with Gasteiger partial charge in [-0.2, -0.15) is 0 Å². The van der Waals surface area contributed by atoms with Crippen molar-refractivity contribution < 1.29 is 24.2 Å². The maximum atomic E-state index is 11.2. The minimum absolute atomic E-state index is 0.138. The maximum Gasteiger partial charge on any atom is 0.306 e. The second kappa shape index (κ2) is 6.95.